The van der Waals surface area contributed by atoms with Crippen LogP contribution in [-0.4, -0.2) is 44.9 Å². The first-order valence-electron chi connectivity index (χ1n) is 12.7. The van der Waals surface area contributed by atoms with Gasteiger partial charge in [0.1, 0.15) is 15.5 Å². The number of hydrogen-bond acceptors (Lipinski definition) is 7. The van der Waals surface area contributed by atoms with Crippen molar-refractivity contribution in [3.63, 3.8) is 0 Å². The molecule has 4 aromatic rings. The van der Waals surface area contributed by atoms with E-state index in [1.54, 1.807) is 24.5 Å². The van der Waals surface area contributed by atoms with E-state index in [1.807, 2.05) is 30.3 Å². The number of amides is 4. The topological polar surface area (TPSA) is 129 Å². The van der Waals surface area contributed by atoms with Gasteiger partial charge in [-0.1, -0.05) is 49.8 Å². The molecule has 1 fully saturated rings. The van der Waals surface area contributed by atoms with E-state index in [-0.39, 0.29) is 23.9 Å². The number of pyridine rings is 1. The predicted molar refractivity (Wildman–Crippen MR) is 150 cm³/mol. The molecule has 39 heavy (non-hydrogen) atoms. The van der Waals surface area contributed by atoms with Crippen LogP contribution < -0.4 is 20.9 Å². The number of thiophene rings is 1. The first-order chi connectivity index (χ1) is 19.0. The molecular weight excluding hydrogens is 514 g/mol. The van der Waals surface area contributed by atoms with E-state index in [9.17, 15) is 14.4 Å². The average Bonchev–Trinajstić information content (AvgIpc) is 3.34. The summed E-state index contributed by atoms with van der Waals surface area (Å²) in [6.45, 7) is 3.52. The number of nitrogens with zero attached hydrogens (tertiary/aromatic N) is 4. The molecule has 0 bridgehead atoms. The van der Waals surface area contributed by atoms with Crippen molar-refractivity contribution in [3.05, 3.63) is 72.4 Å². The average molecular weight is 540 g/mol. The number of nitrogens with one attached hydrogen (secondary N) is 3. The molecule has 6 rings (SSSR count). The van der Waals surface area contributed by atoms with Crippen molar-refractivity contribution in [3.8, 4) is 11.4 Å². The predicted octanol–water partition coefficient (Wildman–Crippen LogP) is 4.78. The van der Waals surface area contributed by atoms with Gasteiger partial charge in [0.05, 0.1) is 16.8 Å². The van der Waals surface area contributed by atoms with Gasteiger partial charge in [-0.15, -0.1) is 11.3 Å². The minimum atomic E-state index is -0.436. The van der Waals surface area contributed by atoms with E-state index < -0.39 is 6.03 Å². The Morgan fingerprint density at radius 3 is 2.54 bits per heavy atom. The molecule has 11 heteroatoms. The molecule has 1 aromatic carbocycles. The molecule has 4 amide bonds. The summed E-state index contributed by atoms with van der Waals surface area (Å²) in [5, 5.41) is 9.59. The third-order valence-corrected chi connectivity index (χ3v) is 8.05. The molecule has 4 heterocycles. The highest BCUT2D eigenvalue weighted by molar-refractivity contribution is 7.21. The van der Waals surface area contributed by atoms with Crippen LogP contribution in [0.2, 0.25) is 0 Å². The van der Waals surface area contributed by atoms with E-state index >= 15 is 0 Å². The van der Waals surface area contributed by atoms with E-state index in [1.165, 1.54) is 22.3 Å². The molecule has 0 spiro atoms. The van der Waals surface area contributed by atoms with Crippen LogP contribution >= 0.6 is 11.3 Å². The van der Waals surface area contributed by atoms with Gasteiger partial charge in [-0.2, -0.15) is 0 Å². The Balaban J connectivity index is 1.34. The summed E-state index contributed by atoms with van der Waals surface area (Å²) in [5.74, 6) is 0.318. The van der Waals surface area contributed by atoms with E-state index in [0.717, 1.165) is 31.2 Å². The Labute approximate surface area is 228 Å². The lowest BCUT2D eigenvalue weighted by molar-refractivity contribution is -0.117. The summed E-state index contributed by atoms with van der Waals surface area (Å²) < 4.78 is 0. The first kappa shape index (κ1) is 24.7. The van der Waals surface area contributed by atoms with Crippen LogP contribution in [0.4, 0.5) is 22.0 Å². The highest BCUT2D eigenvalue weighted by Gasteiger charge is 2.35. The number of carbonyl (C=O) groups is 3. The van der Waals surface area contributed by atoms with Gasteiger partial charge < -0.3 is 16.0 Å². The lowest BCUT2D eigenvalue weighted by atomic mass is 9.90. The first-order valence-corrected chi connectivity index (χ1v) is 13.5. The maximum absolute atomic E-state index is 13.5. The highest BCUT2D eigenvalue weighted by Crippen LogP contribution is 2.45. The number of rotatable bonds is 6. The lowest BCUT2D eigenvalue weighted by Crippen LogP contribution is -2.52. The Morgan fingerprint density at radius 1 is 1.03 bits per heavy atom. The summed E-state index contributed by atoms with van der Waals surface area (Å²) in [6.07, 6.45) is 7.90. The second-order valence-electron chi connectivity index (χ2n) is 9.37. The van der Waals surface area contributed by atoms with Crippen molar-refractivity contribution in [2.24, 2.45) is 0 Å². The third kappa shape index (κ3) is 4.61. The Kier molecular flexibility index (Phi) is 6.49. The SMILES string of the molecule is C=CC(=O)N[C@H]1CCCC[C@H]1NC(=O)c1sc2nccc3c2c1NC(=O)N3c1ccnc(-c2ccccc2)n1. The summed E-state index contributed by atoms with van der Waals surface area (Å²) in [4.78, 5) is 54.9. The van der Waals surface area contributed by atoms with Gasteiger partial charge in [-0.05, 0) is 31.1 Å². The maximum atomic E-state index is 13.5. The quantitative estimate of drug-likeness (QED) is 0.303. The second kappa shape index (κ2) is 10.3. The zero-order chi connectivity index (χ0) is 26.9. The largest absolute Gasteiger partial charge is 0.348 e. The van der Waals surface area contributed by atoms with E-state index in [2.05, 4.69) is 37.5 Å². The fraction of sp³-hybridized carbons (Fsp3) is 0.214. The zero-order valence-electron chi connectivity index (χ0n) is 20.9. The van der Waals surface area contributed by atoms with Crippen molar-refractivity contribution in [1.29, 1.82) is 0 Å². The smallest absolute Gasteiger partial charge is 0.332 e. The number of hydrogen-bond donors (Lipinski definition) is 3. The third-order valence-electron chi connectivity index (χ3n) is 6.95. The molecule has 0 unspecified atom stereocenters. The van der Waals surface area contributed by atoms with Gasteiger partial charge in [-0.25, -0.2) is 24.6 Å². The molecule has 2 aliphatic rings. The van der Waals surface area contributed by atoms with Crippen molar-refractivity contribution in [2.75, 3.05) is 10.2 Å². The number of aromatic nitrogens is 3. The number of anilines is 3. The number of carbonyl (C=O) groups excluding carboxylic acids is 3. The van der Waals surface area contributed by atoms with Gasteiger partial charge >= 0.3 is 6.03 Å². The summed E-state index contributed by atoms with van der Waals surface area (Å²) in [6, 6.07) is 12.1. The standard InChI is InChI=1S/C28H25N7O3S/c1-2-21(36)31-17-10-6-7-11-18(17)32-26(37)24-23-22-19(12-14-30-27(22)39-24)35(28(38)34-23)20-13-15-29-25(33-20)16-8-4-3-5-9-16/h2-5,8-9,12-15,17-18H,1,6-7,10-11H2,(H,31,36)(H,32,37)(H,34,38)/t17-,18+/m0/s1. The van der Waals surface area contributed by atoms with Crippen LogP contribution in [-0.2, 0) is 4.79 Å². The van der Waals surface area contributed by atoms with Crippen molar-refractivity contribution in [2.45, 2.75) is 37.8 Å². The second-order valence-corrected chi connectivity index (χ2v) is 10.4. The fourth-order valence-electron chi connectivity index (χ4n) is 5.12. The molecule has 2 atom stereocenters. The Bertz CT molecular complexity index is 1600. The minimum Gasteiger partial charge on any atom is -0.348 e. The molecule has 1 aliphatic heterocycles. The zero-order valence-corrected chi connectivity index (χ0v) is 21.7. The Hall–Kier alpha value is -4.64. The lowest BCUT2D eigenvalue weighted by Gasteiger charge is -2.32. The molecule has 3 aromatic heterocycles. The van der Waals surface area contributed by atoms with Crippen LogP contribution in [0.1, 0.15) is 35.4 Å². The number of urea groups is 1. The molecule has 196 valence electrons. The maximum Gasteiger partial charge on any atom is 0.332 e. The van der Waals surface area contributed by atoms with Crippen molar-refractivity contribution in [1.82, 2.24) is 25.6 Å². The molecule has 3 N–H and O–H groups in total. The highest BCUT2D eigenvalue weighted by atomic mass is 32.1. The molecule has 1 aliphatic carbocycles. The van der Waals surface area contributed by atoms with Crippen LogP contribution in [0.25, 0.3) is 21.6 Å². The summed E-state index contributed by atoms with van der Waals surface area (Å²) in [5.41, 5.74) is 1.84. The van der Waals surface area contributed by atoms with E-state index in [4.69, 9.17) is 0 Å². The van der Waals surface area contributed by atoms with Crippen molar-refractivity contribution < 1.29 is 14.4 Å². The normalized spacial score (nSPS) is 18.4. The molecule has 0 saturated heterocycles. The van der Waals surface area contributed by atoms with Gasteiger partial charge in [0.25, 0.3) is 5.91 Å². The number of benzene rings is 1. The monoisotopic (exact) mass is 539 g/mol. The summed E-state index contributed by atoms with van der Waals surface area (Å²) >= 11 is 1.22. The fourth-order valence-corrected chi connectivity index (χ4v) is 6.15. The van der Waals surface area contributed by atoms with Gasteiger partial charge in [0.2, 0.25) is 5.91 Å². The van der Waals surface area contributed by atoms with Crippen LogP contribution in [0.3, 0.4) is 0 Å². The molecular formula is C28H25N7O3S. The molecule has 10 nitrogen and oxygen atoms in total. The van der Waals surface area contributed by atoms with Crippen molar-refractivity contribution >= 4 is 56.6 Å². The Morgan fingerprint density at radius 2 is 1.77 bits per heavy atom. The van der Waals surface area contributed by atoms with Crippen LogP contribution in [0.15, 0.2) is 67.5 Å². The van der Waals surface area contributed by atoms with Gasteiger partial charge in [0, 0.05) is 30.0 Å². The summed E-state index contributed by atoms with van der Waals surface area (Å²) in [7, 11) is 0. The van der Waals surface area contributed by atoms with E-state index in [0.29, 0.717) is 38.1 Å². The molecule has 0 radical (unpaired) electrons. The minimum absolute atomic E-state index is 0.186. The van der Waals surface area contributed by atoms with Gasteiger partial charge in [-0.3, -0.25) is 9.59 Å². The van der Waals surface area contributed by atoms with Crippen LogP contribution in [0, 0.1) is 0 Å². The molecule has 1 saturated carbocycles. The van der Waals surface area contributed by atoms with Gasteiger partial charge in [0.15, 0.2) is 5.82 Å². The van der Waals surface area contributed by atoms with Crippen LogP contribution in [0.5, 0.6) is 0 Å².